The van der Waals surface area contributed by atoms with E-state index in [0.717, 1.165) is 41.3 Å². The van der Waals surface area contributed by atoms with Crippen molar-refractivity contribution in [2.75, 3.05) is 47.1 Å². The van der Waals surface area contributed by atoms with Gasteiger partial charge in [-0.1, -0.05) is 0 Å². The Balaban J connectivity index is 1.44. The Labute approximate surface area is 306 Å². The maximum atomic E-state index is 15.0. The molecule has 1 aromatic heterocycles. The number of likely N-dealkylation sites (tertiary alicyclic amines) is 1. The zero-order chi connectivity index (χ0) is 37.4. The molecule has 2 heterocycles. The number of nitrogens with zero attached hydrogens (tertiary/aromatic N) is 3. The standard InChI is InChI=1S/C40H55N3O9/c1-40(2,3)52-39(47)42-16-15-32(34-25-41(4)36-14-13-29(23-33(34)36)50-18-8-7-10-37(44)45)35(26-42)38(46)43(28-11-12-28)24-27-20-30(49-6)22-31(21-27)51-19-9-17-48-5/h13-14,20-23,25,28,32,35H,7-12,15-19,24,26H2,1-6H3,(H,44,45)/t32-,35+/m1/s1. The van der Waals surface area contributed by atoms with Gasteiger partial charge in [0.2, 0.25) is 5.91 Å². The van der Waals surface area contributed by atoms with Crippen LogP contribution in [0.2, 0.25) is 0 Å². The highest BCUT2D eigenvalue weighted by Crippen LogP contribution is 2.42. The highest BCUT2D eigenvalue weighted by Gasteiger charge is 2.44. The third-order valence-electron chi connectivity index (χ3n) is 9.59. The Morgan fingerprint density at radius 2 is 1.63 bits per heavy atom. The topological polar surface area (TPSA) is 129 Å². The van der Waals surface area contributed by atoms with E-state index in [0.29, 0.717) is 69.4 Å². The molecule has 1 aliphatic heterocycles. The average molecular weight is 722 g/mol. The van der Waals surface area contributed by atoms with Crippen molar-refractivity contribution < 1.29 is 43.2 Å². The summed E-state index contributed by atoms with van der Waals surface area (Å²) in [5.41, 5.74) is 2.30. The summed E-state index contributed by atoms with van der Waals surface area (Å²) in [6.45, 7) is 8.15. The first kappa shape index (κ1) is 38.8. The fraction of sp³-hybridized carbons (Fsp3) is 0.575. The van der Waals surface area contributed by atoms with Gasteiger partial charge in [0.25, 0.3) is 0 Å². The van der Waals surface area contributed by atoms with Crippen molar-refractivity contribution in [3.63, 3.8) is 0 Å². The smallest absolute Gasteiger partial charge is 0.410 e. The number of fused-ring (bicyclic) bond motifs is 1. The first-order chi connectivity index (χ1) is 24.9. The lowest BCUT2D eigenvalue weighted by atomic mass is 9.79. The van der Waals surface area contributed by atoms with Crippen LogP contribution in [0.5, 0.6) is 17.2 Å². The molecule has 2 atom stereocenters. The molecule has 0 unspecified atom stereocenters. The molecular formula is C40H55N3O9. The van der Waals surface area contributed by atoms with Crippen molar-refractivity contribution in [3.8, 4) is 17.2 Å². The number of methoxy groups -OCH3 is 2. The third-order valence-corrected chi connectivity index (χ3v) is 9.59. The van der Waals surface area contributed by atoms with E-state index in [1.165, 1.54) is 0 Å². The van der Waals surface area contributed by atoms with E-state index in [1.807, 2.05) is 69.1 Å². The zero-order valence-electron chi connectivity index (χ0n) is 31.5. The van der Waals surface area contributed by atoms with Gasteiger partial charge in [-0.3, -0.25) is 9.59 Å². The van der Waals surface area contributed by atoms with Crippen molar-refractivity contribution in [3.05, 3.63) is 53.7 Å². The van der Waals surface area contributed by atoms with E-state index in [-0.39, 0.29) is 30.8 Å². The van der Waals surface area contributed by atoms with Crippen molar-refractivity contribution >= 4 is 28.9 Å². The Hall–Kier alpha value is -4.45. The SMILES string of the molecule is COCCCOc1cc(CN(C(=O)[C@H]2CN(C(=O)OC(C)(C)C)CC[C@@H]2c2cn(C)c3ccc(OCCCCC(=O)O)cc23)C2CC2)cc(OC)c1. The predicted octanol–water partition coefficient (Wildman–Crippen LogP) is 6.77. The van der Waals surface area contributed by atoms with Gasteiger partial charge in [-0.2, -0.15) is 0 Å². The van der Waals surface area contributed by atoms with E-state index in [2.05, 4.69) is 10.8 Å². The van der Waals surface area contributed by atoms with Gasteiger partial charge < -0.3 is 43.2 Å². The molecule has 1 saturated carbocycles. The highest BCUT2D eigenvalue weighted by atomic mass is 16.6. The van der Waals surface area contributed by atoms with Gasteiger partial charge in [-0.25, -0.2) is 4.79 Å². The van der Waals surface area contributed by atoms with Crippen molar-refractivity contribution in [1.82, 2.24) is 14.4 Å². The number of piperidine rings is 1. The molecular weight excluding hydrogens is 666 g/mol. The Bertz CT molecular complexity index is 1690. The molecule has 3 aromatic rings. The maximum Gasteiger partial charge on any atom is 0.410 e. The lowest BCUT2D eigenvalue weighted by Crippen LogP contribution is -2.51. The normalized spacial score (nSPS) is 17.5. The van der Waals surface area contributed by atoms with Gasteiger partial charge in [-0.05, 0) is 94.3 Å². The molecule has 12 heteroatoms. The summed E-state index contributed by atoms with van der Waals surface area (Å²) in [5, 5.41) is 9.97. The van der Waals surface area contributed by atoms with E-state index >= 15 is 0 Å². The lowest BCUT2D eigenvalue weighted by molar-refractivity contribution is -0.139. The summed E-state index contributed by atoms with van der Waals surface area (Å²) in [7, 11) is 5.28. The van der Waals surface area contributed by atoms with Crippen LogP contribution in [0, 0.1) is 5.92 Å². The number of benzene rings is 2. The van der Waals surface area contributed by atoms with E-state index in [1.54, 1.807) is 19.1 Å². The lowest BCUT2D eigenvalue weighted by Gasteiger charge is -2.40. The number of rotatable bonds is 17. The van der Waals surface area contributed by atoms with E-state index in [4.69, 9.17) is 28.8 Å². The number of carbonyl (C=O) groups is 3. The summed E-state index contributed by atoms with van der Waals surface area (Å²) in [6.07, 6.45) is 6.17. The largest absolute Gasteiger partial charge is 0.497 e. The maximum absolute atomic E-state index is 15.0. The van der Waals surface area contributed by atoms with Gasteiger partial charge in [-0.15, -0.1) is 0 Å². The van der Waals surface area contributed by atoms with Crippen LogP contribution < -0.4 is 14.2 Å². The molecule has 12 nitrogen and oxygen atoms in total. The molecule has 0 radical (unpaired) electrons. The van der Waals surface area contributed by atoms with E-state index < -0.39 is 23.6 Å². The van der Waals surface area contributed by atoms with Crippen LogP contribution in [-0.4, -0.2) is 96.2 Å². The molecule has 0 bridgehead atoms. The first-order valence-electron chi connectivity index (χ1n) is 18.4. The fourth-order valence-corrected chi connectivity index (χ4v) is 6.92. The Morgan fingerprint density at radius 3 is 2.33 bits per heavy atom. The van der Waals surface area contributed by atoms with Gasteiger partial charge in [0.1, 0.15) is 22.8 Å². The molecule has 0 spiro atoms. The zero-order valence-corrected chi connectivity index (χ0v) is 31.5. The number of carbonyl (C=O) groups excluding carboxylic acids is 2. The highest BCUT2D eigenvalue weighted by molar-refractivity contribution is 5.88. The molecule has 2 aromatic carbocycles. The van der Waals surface area contributed by atoms with Crippen molar-refractivity contribution in [2.45, 2.75) is 89.8 Å². The van der Waals surface area contributed by atoms with Crippen LogP contribution in [0.15, 0.2) is 42.6 Å². The number of aryl methyl sites for hydroxylation is 1. The number of aliphatic carboxylic acids is 1. The van der Waals surface area contributed by atoms with Crippen molar-refractivity contribution in [2.24, 2.45) is 13.0 Å². The number of carboxylic acids is 1. The molecule has 1 N–H and O–H groups in total. The number of ether oxygens (including phenoxy) is 5. The monoisotopic (exact) mass is 721 g/mol. The quantitative estimate of drug-likeness (QED) is 0.150. The predicted molar refractivity (Wildman–Crippen MR) is 197 cm³/mol. The van der Waals surface area contributed by atoms with Gasteiger partial charge >= 0.3 is 12.1 Å². The van der Waals surface area contributed by atoms with E-state index in [9.17, 15) is 14.4 Å². The van der Waals surface area contributed by atoms with Gasteiger partial charge in [0, 0.05) is 88.4 Å². The summed E-state index contributed by atoms with van der Waals surface area (Å²) in [6, 6.07) is 11.8. The van der Waals surface area contributed by atoms with Crippen LogP contribution in [0.3, 0.4) is 0 Å². The number of carboxylic acid groups (broad SMARTS) is 1. The number of amides is 2. The second-order valence-corrected chi connectivity index (χ2v) is 14.9. The summed E-state index contributed by atoms with van der Waals surface area (Å²) < 4.78 is 30.7. The van der Waals surface area contributed by atoms with Crippen LogP contribution in [0.25, 0.3) is 10.9 Å². The minimum Gasteiger partial charge on any atom is -0.497 e. The number of unbranched alkanes of at least 4 members (excludes halogenated alkanes) is 1. The third kappa shape index (κ3) is 10.3. The second-order valence-electron chi connectivity index (χ2n) is 14.9. The Morgan fingerprint density at radius 1 is 0.904 bits per heavy atom. The molecule has 2 fully saturated rings. The van der Waals surface area contributed by atoms with Crippen LogP contribution in [0.4, 0.5) is 4.79 Å². The summed E-state index contributed by atoms with van der Waals surface area (Å²) >= 11 is 0. The summed E-state index contributed by atoms with van der Waals surface area (Å²) in [4.78, 5) is 42.9. The first-order valence-corrected chi connectivity index (χ1v) is 18.4. The fourth-order valence-electron chi connectivity index (χ4n) is 6.92. The minimum atomic E-state index is -0.812. The summed E-state index contributed by atoms with van der Waals surface area (Å²) in [5.74, 6) is 0.556. The second kappa shape index (κ2) is 17.4. The molecule has 1 aliphatic carbocycles. The molecule has 2 aliphatic rings. The number of hydrogen-bond donors (Lipinski definition) is 1. The molecule has 284 valence electrons. The molecule has 2 amide bonds. The van der Waals surface area contributed by atoms with Crippen LogP contribution in [-0.2, 0) is 32.7 Å². The number of aromatic nitrogens is 1. The van der Waals surface area contributed by atoms with Gasteiger partial charge in [0.05, 0.1) is 26.2 Å². The van der Waals surface area contributed by atoms with Crippen LogP contribution >= 0.6 is 0 Å². The minimum absolute atomic E-state index is 0.00831. The van der Waals surface area contributed by atoms with Crippen LogP contribution in [0.1, 0.15) is 82.8 Å². The molecule has 1 saturated heterocycles. The number of hydrogen-bond acceptors (Lipinski definition) is 8. The van der Waals surface area contributed by atoms with Gasteiger partial charge in [0.15, 0.2) is 0 Å². The molecule has 5 rings (SSSR count). The Kier molecular flexibility index (Phi) is 13.0. The average Bonchev–Trinajstić information content (AvgIpc) is 3.90. The van der Waals surface area contributed by atoms with Crippen molar-refractivity contribution in [1.29, 1.82) is 0 Å². The molecule has 52 heavy (non-hydrogen) atoms.